The van der Waals surface area contributed by atoms with Gasteiger partial charge in [0.15, 0.2) is 0 Å². The average Bonchev–Trinajstić information content (AvgIpc) is 2.58. The predicted octanol–water partition coefficient (Wildman–Crippen LogP) is 4.88. The van der Waals surface area contributed by atoms with E-state index in [2.05, 4.69) is 24.1 Å². The number of pyridine rings is 1. The van der Waals surface area contributed by atoms with E-state index in [1.807, 2.05) is 26.8 Å². The number of hydrogen-bond acceptors (Lipinski definition) is 4. The largest absolute Gasteiger partial charge is 0.478 e. The number of amides is 1. The molecule has 1 aromatic rings. The van der Waals surface area contributed by atoms with Crippen LogP contribution in [0.2, 0.25) is 0 Å². The molecule has 1 unspecified atom stereocenters. The third-order valence-electron chi connectivity index (χ3n) is 4.26. The first kappa shape index (κ1) is 21.4. The lowest BCUT2D eigenvalue weighted by Crippen LogP contribution is -2.43. The number of aromatic nitrogens is 1. The zero-order valence-electron chi connectivity index (χ0n) is 16.5. The molecule has 25 heavy (non-hydrogen) atoms. The first-order valence-electron chi connectivity index (χ1n) is 9.52. The summed E-state index contributed by atoms with van der Waals surface area (Å²) in [6, 6.07) is 3.65. The second-order valence-electron chi connectivity index (χ2n) is 6.56. The Morgan fingerprint density at radius 3 is 2.48 bits per heavy atom. The van der Waals surface area contributed by atoms with Gasteiger partial charge in [-0.05, 0) is 39.7 Å². The van der Waals surface area contributed by atoms with Crippen molar-refractivity contribution in [3.63, 3.8) is 0 Å². The molecular weight excluding hydrogens is 316 g/mol. The fourth-order valence-electron chi connectivity index (χ4n) is 2.61. The van der Waals surface area contributed by atoms with Crippen molar-refractivity contribution in [2.24, 2.45) is 0 Å². The minimum absolute atomic E-state index is 0.116. The topological polar surface area (TPSA) is 60.5 Å². The number of aryl methyl sites for hydroxylation is 1. The Balaban J connectivity index is 2.75. The van der Waals surface area contributed by atoms with Crippen LogP contribution in [0.15, 0.2) is 12.1 Å². The molecule has 5 nitrogen and oxygen atoms in total. The highest BCUT2D eigenvalue weighted by Crippen LogP contribution is 2.24. The molecule has 1 heterocycles. The van der Waals surface area contributed by atoms with Gasteiger partial charge in [-0.25, -0.2) is 4.98 Å². The lowest BCUT2D eigenvalue weighted by Gasteiger charge is -2.28. The Bertz CT molecular complexity index is 534. The van der Waals surface area contributed by atoms with Crippen LogP contribution in [-0.4, -0.2) is 29.7 Å². The zero-order valence-corrected chi connectivity index (χ0v) is 16.5. The summed E-state index contributed by atoms with van der Waals surface area (Å²) in [6.45, 7) is 11.1. The number of hydrogen-bond donors (Lipinski definition) is 1. The molecule has 1 amide bonds. The van der Waals surface area contributed by atoms with E-state index in [9.17, 15) is 4.79 Å². The second kappa shape index (κ2) is 11.1. The molecule has 0 saturated carbocycles. The van der Waals surface area contributed by atoms with Crippen LogP contribution >= 0.6 is 0 Å². The molecule has 0 aliphatic heterocycles. The van der Waals surface area contributed by atoms with Crippen LogP contribution in [0.5, 0.6) is 5.88 Å². The van der Waals surface area contributed by atoms with Crippen molar-refractivity contribution in [1.82, 2.24) is 4.98 Å². The number of rotatable bonds is 12. The molecule has 0 aliphatic carbocycles. The summed E-state index contributed by atoms with van der Waals surface area (Å²) in [4.78, 5) is 17.2. The van der Waals surface area contributed by atoms with Gasteiger partial charge in [0.05, 0.1) is 18.0 Å². The minimum atomic E-state index is -0.813. The molecule has 0 radical (unpaired) electrons. The first-order valence-corrected chi connectivity index (χ1v) is 9.52. The number of anilines is 1. The molecule has 0 aromatic carbocycles. The van der Waals surface area contributed by atoms with Gasteiger partial charge in [-0.2, -0.15) is 0 Å². The van der Waals surface area contributed by atoms with E-state index in [0.717, 1.165) is 37.8 Å². The predicted molar refractivity (Wildman–Crippen MR) is 102 cm³/mol. The summed E-state index contributed by atoms with van der Waals surface area (Å²) in [6.07, 6.45) is 5.99. The average molecular weight is 351 g/mol. The number of carbonyl (C=O) groups is 1. The molecule has 1 atom stereocenters. The van der Waals surface area contributed by atoms with Crippen LogP contribution in [-0.2, 0) is 9.53 Å². The molecule has 142 valence electrons. The molecule has 5 heteroatoms. The maximum absolute atomic E-state index is 12.8. The van der Waals surface area contributed by atoms with Crippen LogP contribution in [0, 0.1) is 6.92 Å². The van der Waals surface area contributed by atoms with Gasteiger partial charge in [-0.3, -0.25) is 4.79 Å². The van der Waals surface area contributed by atoms with Gasteiger partial charge in [-0.15, -0.1) is 0 Å². The zero-order chi connectivity index (χ0) is 18.7. The van der Waals surface area contributed by atoms with Crippen molar-refractivity contribution in [3.8, 4) is 5.88 Å². The Hall–Kier alpha value is -1.62. The fourth-order valence-corrected chi connectivity index (χ4v) is 2.61. The molecule has 0 fully saturated rings. The summed E-state index contributed by atoms with van der Waals surface area (Å²) in [5.74, 6) is 0.481. The van der Waals surface area contributed by atoms with Crippen LogP contribution in [0.3, 0.4) is 0 Å². The summed E-state index contributed by atoms with van der Waals surface area (Å²) >= 11 is 0. The summed E-state index contributed by atoms with van der Waals surface area (Å²) in [5.41, 5.74) is 0.635. The highest BCUT2D eigenvalue weighted by Gasteiger charge is 2.33. The van der Waals surface area contributed by atoms with Gasteiger partial charge < -0.3 is 14.8 Å². The fraction of sp³-hybridized carbons (Fsp3) is 0.700. The highest BCUT2D eigenvalue weighted by molar-refractivity contribution is 5.97. The van der Waals surface area contributed by atoms with Crippen LogP contribution < -0.4 is 10.1 Å². The molecule has 0 spiro atoms. The Morgan fingerprint density at radius 1 is 1.16 bits per heavy atom. The lowest BCUT2D eigenvalue weighted by molar-refractivity contribution is -0.139. The molecule has 0 saturated heterocycles. The quantitative estimate of drug-likeness (QED) is 0.546. The van der Waals surface area contributed by atoms with Gasteiger partial charge in [0, 0.05) is 12.7 Å². The van der Waals surface area contributed by atoms with Crippen molar-refractivity contribution in [1.29, 1.82) is 0 Å². The van der Waals surface area contributed by atoms with E-state index in [0.29, 0.717) is 31.2 Å². The maximum atomic E-state index is 12.8. The molecule has 1 N–H and O–H groups in total. The Labute approximate surface area is 152 Å². The van der Waals surface area contributed by atoms with Gasteiger partial charge in [-0.1, -0.05) is 39.5 Å². The number of unbranched alkanes of at least 4 members (excludes halogenated alkanes) is 3. The van der Waals surface area contributed by atoms with Crippen molar-refractivity contribution in [3.05, 3.63) is 17.8 Å². The first-order chi connectivity index (χ1) is 12.0. The van der Waals surface area contributed by atoms with Crippen LogP contribution in [0.4, 0.5) is 5.69 Å². The Morgan fingerprint density at radius 2 is 1.88 bits per heavy atom. The third kappa shape index (κ3) is 7.02. The van der Waals surface area contributed by atoms with Gasteiger partial charge in [0.1, 0.15) is 5.60 Å². The van der Waals surface area contributed by atoms with E-state index in [4.69, 9.17) is 9.47 Å². The summed E-state index contributed by atoms with van der Waals surface area (Å²) < 4.78 is 11.4. The van der Waals surface area contributed by atoms with Crippen LogP contribution in [0.25, 0.3) is 0 Å². The Kier molecular flexibility index (Phi) is 9.50. The van der Waals surface area contributed by atoms with E-state index in [-0.39, 0.29) is 5.91 Å². The van der Waals surface area contributed by atoms with Gasteiger partial charge in [0.2, 0.25) is 5.88 Å². The number of ether oxygens (including phenoxy) is 2. The summed E-state index contributed by atoms with van der Waals surface area (Å²) in [5, 5.41) is 2.98. The van der Waals surface area contributed by atoms with E-state index in [1.54, 1.807) is 6.07 Å². The van der Waals surface area contributed by atoms with Crippen molar-refractivity contribution >= 4 is 11.6 Å². The molecule has 1 aromatic heterocycles. The van der Waals surface area contributed by atoms with Crippen LogP contribution in [0.1, 0.15) is 71.9 Å². The molecular formula is C20H34N2O3. The summed E-state index contributed by atoms with van der Waals surface area (Å²) in [7, 11) is 0. The molecule has 0 bridgehead atoms. The van der Waals surface area contributed by atoms with E-state index < -0.39 is 5.60 Å². The molecule has 1 rings (SSSR count). The SMILES string of the molecule is CCCCCC(C)(OCC)C(=O)Nc1ccc(OCCCC)nc1C. The standard InChI is InChI=1S/C20H34N2O3/c1-6-9-11-14-20(5,25-8-3)19(23)22-17-12-13-18(21-16(17)4)24-15-10-7-2/h12-13H,6-11,14-15H2,1-5H3,(H,22,23). The van der Waals surface area contributed by atoms with E-state index >= 15 is 0 Å². The molecule has 0 aliphatic rings. The van der Waals surface area contributed by atoms with E-state index in [1.165, 1.54) is 0 Å². The lowest BCUT2D eigenvalue weighted by atomic mass is 9.96. The number of nitrogens with one attached hydrogen (secondary N) is 1. The normalized spacial score (nSPS) is 13.3. The maximum Gasteiger partial charge on any atom is 0.256 e. The van der Waals surface area contributed by atoms with Gasteiger partial charge >= 0.3 is 0 Å². The van der Waals surface area contributed by atoms with Crippen molar-refractivity contribution in [2.75, 3.05) is 18.5 Å². The van der Waals surface area contributed by atoms with Crippen molar-refractivity contribution in [2.45, 2.75) is 78.7 Å². The smallest absolute Gasteiger partial charge is 0.256 e. The van der Waals surface area contributed by atoms with Gasteiger partial charge in [0.25, 0.3) is 5.91 Å². The second-order valence-corrected chi connectivity index (χ2v) is 6.56. The van der Waals surface area contributed by atoms with Crippen molar-refractivity contribution < 1.29 is 14.3 Å². The highest BCUT2D eigenvalue weighted by atomic mass is 16.5. The number of carbonyl (C=O) groups excluding carboxylic acids is 1. The third-order valence-corrected chi connectivity index (χ3v) is 4.26. The number of nitrogens with zero attached hydrogens (tertiary/aromatic N) is 1. The minimum Gasteiger partial charge on any atom is -0.478 e. The monoisotopic (exact) mass is 350 g/mol.